The summed E-state index contributed by atoms with van der Waals surface area (Å²) in [6, 6.07) is 0. The third-order valence-electron chi connectivity index (χ3n) is 4.47. The molecule has 0 saturated heterocycles. The number of nitrogens with zero attached hydrogens (tertiary/aromatic N) is 2. The third-order valence-corrected chi connectivity index (χ3v) is 4.47. The van der Waals surface area contributed by atoms with Gasteiger partial charge in [-0.2, -0.15) is 5.10 Å². The average Bonchev–Trinajstić information content (AvgIpc) is 2.83. The van der Waals surface area contributed by atoms with Crippen molar-refractivity contribution in [3.63, 3.8) is 0 Å². The molecule has 0 aliphatic heterocycles. The first-order chi connectivity index (χ1) is 9.17. The molecule has 1 saturated carbocycles. The van der Waals surface area contributed by atoms with E-state index in [-0.39, 0.29) is 5.91 Å². The molecule has 1 aliphatic carbocycles. The van der Waals surface area contributed by atoms with E-state index in [9.17, 15) is 9.59 Å². The van der Waals surface area contributed by atoms with Crippen LogP contribution < -0.4 is 5.32 Å². The topological polar surface area (TPSA) is 84.2 Å². The number of aryl methyl sites for hydroxylation is 2. The molecule has 0 radical (unpaired) electrons. The maximum absolute atomic E-state index is 12.1. The van der Waals surface area contributed by atoms with Crippen LogP contribution in [0.2, 0.25) is 0 Å². The zero-order valence-electron chi connectivity index (χ0n) is 12.5. The Morgan fingerprint density at radius 2 is 1.95 bits per heavy atom. The predicted molar refractivity (Wildman–Crippen MR) is 72.9 cm³/mol. The normalized spacial score (nSPS) is 23.4. The van der Waals surface area contributed by atoms with Crippen LogP contribution in [0.1, 0.15) is 30.8 Å². The second kappa shape index (κ2) is 4.61. The van der Waals surface area contributed by atoms with Crippen LogP contribution in [0.25, 0.3) is 0 Å². The van der Waals surface area contributed by atoms with Crippen molar-refractivity contribution in [2.45, 2.75) is 34.2 Å². The summed E-state index contributed by atoms with van der Waals surface area (Å²) in [4.78, 5) is 23.2. The number of hydrogen-bond donors (Lipinski definition) is 2. The molecule has 6 nitrogen and oxygen atoms in total. The Morgan fingerprint density at radius 3 is 2.35 bits per heavy atom. The molecule has 1 aromatic heterocycles. The first kappa shape index (κ1) is 14.6. The molecule has 0 unspecified atom stereocenters. The Kier molecular flexibility index (Phi) is 3.36. The number of amides is 1. The van der Waals surface area contributed by atoms with E-state index in [0.29, 0.717) is 6.54 Å². The highest BCUT2D eigenvalue weighted by Crippen LogP contribution is 2.58. The van der Waals surface area contributed by atoms with Crippen molar-refractivity contribution in [2.24, 2.45) is 24.3 Å². The number of carbonyl (C=O) groups is 2. The zero-order chi connectivity index (χ0) is 15.2. The van der Waals surface area contributed by atoms with E-state index < -0.39 is 23.2 Å². The standard InChI is InChI=1S/C14H21N3O3/c1-7-9(8(2)17(5)16-7)6-15-12(18)10-11(13(19)20)14(10,3)4/h10-11H,6H2,1-5H3,(H,15,18)(H,19,20)/t10-,11+/m1/s1. The van der Waals surface area contributed by atoms with Crippen LogP contribution in [0.4, 0.5) is 0 Å². The van der Waals surface area contributed by atoms with Gasteiger partial charge in [-0.05, 0) is 19.3 Å². The molecule has 20 heavy (non-hydrogen) atoms. The van der Waals surface area contributed by atoms with E-state index in [1.165, 1.54) is 0 Å². The van der Waals surface area contributed by atoms with Crippen molar-refractivity contribution in [3.8, 4) is 0 Å². The Bertz CT molecular complexity index is 574. The molecule has 1 aliphatic rings. The fourth-order valence-corrected chi connectivity index (χ4v) is 2.95. The monoisotopic (exact) mass is 279 g/mol. The Balaban J connectivity index is 2.02. The molecule has 1 fully saturated rings. The summed E-state index contributed by atoms with van der Waals surface area (Å²) in [5, 5.41) is 16.2. The first-order valence-electron chi connectivity index (χ1n) is 6.67. The minimum Gasteiger partial charge on any atom is -0.481 e. The highest BCUT2D eigenvalue weighted by Gasteiger charge is 2.65. The molecule has 110 valence electrons. The van der Waals surface area contributed by atoms with Crippen molar-refractivity contribution >= 4 is 11.9 Å². The molecule has 2 rings (SSSR count). The lowest BCUT2D eigenvalue weighted by molar-refractivity contribution is -0.140. The second-order valence-corrected chi connectivity index (χ2v) is 6.11. The maximum Gasteiger partial charge on any atom is 0.307 e. The van der Waals surface area contributed by atoms with Crippen molar-refractivity contribution in [1.82, 2.24) is 15.1 Å². The summed E-state index contributed by atoms with van der Waals surface area (Å²) in [6.45, 7) is 7.87. The lowest BCUT2D eigenvalue weighted by Gasteiger charge is -2.06. The highest BCUT2D eigenvalue weighted by atomic mass is 16.4. The number of nitrogens with one attached hydrogen (secondary N) is 1. The summed E-state index contributed by atoms with van der Waals surface area (Å²) in [5.41, 5.74) is 2.42. The van der Waals surface area contributed by atoms with Gasteiger partial charge in [0.15, 0.2) is 0 Å². The van der Waals surface area contributed by atoms with E-state index in [4.69, 9.17) is 5.11 Å². The smallest absolute Gasteiger partial charge is 0.307 e. The molecule has 0 spiro atoms. The van der Waals surface area contributed by atoms with Crippen molar-refractivity contribution < 1.29 is 14.7 Å². The molecule has 0 bridgehead atoms. The molecule has 0 aromatic carbocycles. The Hall–Kier alpha value is -1.85. The van der Waals surface area contributed by atoms with Gasteiger partial charge < -0.3 is 10.4 Å². The van der Waals surface area contributed by atoms with Gasteiger partial charge in [0.1, 0.15) is 0 Å². The minimum atomic E-state index is -0.899. The average molecular weight is 279 g/mol. The lowest BCUT2D eigenvalue weighted by atomic mass is 10.1. The molecule has 6 heteroatoms. The van der Waals surface area contributed by atoms with Crippen molar-refractivity contribution in [3.05, 3.63) is 17.0 Å². The quantitative estimate of drug-likeness (QED) is 0.861. The van der Waals surface area contributed by atoms with Gasteiger partial charge in [0.2, 0.25) is 5.91 Å². The van der Waals surface area contributed by atoms with Crippen molar-refractivity contribution in [2.75, 3.05) is 0 Å². The van der Waals surface area contributed by atoms with Gasteiger partial charge in [0, 0.05) is 24.8 Å². The van der Waals surface area contributed by atoms with E-state index in [0.717, 1.165) is 17.0 Å². The fourth-order valence-electron chi connectivity index (χ4n) is 2.95. The highest BCUT2D eigenvalue weighted by molar-refractivity contribution is 5.91. The SMILES string of the molecule is Cc1nn(C)c(C)c1CNC(=O)[C@H]1[C@@H](C(=O)O)C1(C)C. The summed E-state index contributed by atoms with van der Waals surface area (Å²) < 4.78 is 1.78. The molecular formula is C14H21N3O3. The van der Waals surface area contributed by atoms with Gasteiger partial charge >= 0.3 is 5.97 Å². The number of carboxylic acid groups (broad SMARTS) is 1. The number of rotatable bonds is 4. The lowest BCUT2D eigenvalue weighted by Crippen LogP contribution is -2.27. The predicted octanol–water partition coefficient (Wildman–Crippen LogP) is 1.01. The summed E-state index contributed by atoms with van der Waals surface area (Å²) in [7, 11) is 1.86. The zero-order valence-corrected chi connectivity index (χ0v) is 12.5. The summed E-state index contributed by atoms with van der Waals surface area (Å²) in [5.74, 6) is -2.12. The largest absolute Gasteiger partial charge is 0.481 e. The fraction of sp³-hybridized carbons (Fsp3) is 0.643. The molecule has 2 N–H and O–H groups in total. The van der Waals surface area contributed by atoms with Gasteiger partial charge in [0.25, 0.3) is 0 Å². The van der Waals surface area contributed by atoms with E-state index >= 15 is 0 Å². The number of aliphatic carboxylic acids is 1. The van der Waals surface area contributed by atoms with Gasteiger partial charge in [-0.3, -0.25) is 14.3 Å². The van der Waals surface area contributed by atoms with Crippen molar-refractivity contribution in [1.29, 1.82) is 0 Å². The van der Waals surface area contributed by atoms with Gasteiger partial charge in [-0.1, -0.05) is 13.8 Å². The number of hydrogen-bond acceptors (Lipinski definition) is 3. The maximum atomic E-state index is 12.1. The molecule has 1 aromatic rings. The molecule has 1 heterocycles. The van der Waals surface area contributed by atoms with Crippen LogP contribution >= 0.6 is 0 Å². The van der Waals surface area contributed by atoms with E-state index in [1.807, 2.05) is 34.7 Å². The van der Waals surface area contributed by atoms with E-state index in [2.05, 4.69) is 10.4 Å². The first-order valence-corrected chi connectivity index (χ1v) is 6.67. The molecular weight excluding hydrogens is 258 g/mol. The van der Waals surface area contributed by atoms with Gasteiger partial charge in [0.05, 0.1) is 17.5 Å². The number of carbonyl (C=O) groups excluding carboxylic acids is 1. The Labute approximate surface area is 118 Å². The molecule has 2 atom stereocenters. The van der Waals surface area contributed by atoms with Crippen LogP contribution in [0.15, 0.2) is 0 Å². The number of aromatic nitrogens is 2. The summed E-state index contributed by atoms with van der Waals surface area (Å²) in [6.07, 6.45) is 0. The summed E-state index contributed by atoms with van der Waals surface area (Å²) >= 11 is 0. The van der Waals surface area contributed by atoms with Crippen LogP contribution in [-0.2, 0) is 23.2 Å². The number of carboxylic acids is 1. The van der Waals surface area contributed by atoms with Crippen LogP contribution in [0.5, 0.6) is 0 Å². The third kappa shape index (κ3) is 2.19. The van der Waals surface area contributed by atoms with Crippen LogP contribution in [-0.4, -0.2) is 26.8 Å². The second-order valence-electron chi connectivity index (χ2n) is 6.11. The minimum absolute atomic E-state index is 0.190. The van der Waals surface area contributed by atoms with Crippen LogP contribution in [0, 0.1) is 31.1 Å². The van der Waals surface area contributed by atoms with Crippen LogP contribution in [0.3, 0.4) is 0 Å². The van der Waals surface area contributed by atoms with E-state index in [1.54, 1.807) is 4.68 Å². The van der Waals surface area contributed by atoms with Gasteiger partial charge in [-0.25, -0.2) is 0 Å². The van der Waals surface area contributed by atoms with Gasteiger partial charge in [-0.15, -0.1) is 0 Å². The Morgan fingerprint density at radius 1 is 1.35 bits per heavy atom. The molecule has 1 amide bonds.